The number of amides is 2. The zero-order chi connectivity index (χ0) is 18.2. The lowest BCUT2D eigenvalue weighted by molar-refractivity contribution is 0.195. The van der Waals surface area contributed by atoms with E-state index in [2.05, 4.69) is 15.4 Å². The average molecular weight is 351 g/mol. The van der Waals surface area contributed by atoms with Crippen molar-refractivity contribution in [3.8, 4) is 11.6 Å². The first-order chi connectivity index (χ1) is 12.7. The number of likely N-dealkylation sites (N-methyl/N-ethyl adjacent to an activating group) is 1. The van der Waals surface area contributed by atoms with Gasteiger partial charge in [0.2, 0.25) is 0 Å². The Morgan fingerprint density at radius 2 is 2.04 bits per heavy atom. The summed E-state index contributed by atoms with van der Waals surface area (Å²) in [5.41, 5.74) is 0.952. The minimum atomic E-state index is -0.154. The molecular formula is C19H21N5O2. The molecule has 7 heteroatoms. The zero-order valence-corrected chi connectivity index (χ0v) is 14.6. The molecule has 1 aromatic carbocycles. The number of carbonyl (C=O) groups is 1. The molecule has 0 aliphatic carbocycles. The van der Waals surface area contributed by atoms with Crippen molar-refractivity contribution in [3.05, 3.63) is 72.7 Å². The lowest BCUT2D eigenvalue weighted by atomic mass is 10.2. The number of aromatic nitrogens is 3. The van der Waals surface area contributed by atoms with Crippen LogP contribution in [0.3, 0.4) is 0 Å². The highest BCUT2D eigenvalue weighted by atomic mass is 16.5. The van der Waals surface area contributed by atoms with Gasteiger partial charge < -0.3 is 15.0 Å². The Morgan fingerprint density at radius 1 is 1.19 bits per heavy atom. The summed E-state index contributed by atoms with van der Waals surface area (Å²) in [5, 5.41) is 7.05. The molecule has 0 saturated carbocycles. The third-order valence-electron chi connectivity index (χ3n) is 3.78. The Hall–Kier alpha value is -3.35. The van der Waals surface area contributed by atoms with Gasteiger partial charge in [0.05, 0.1) is 6.54 Å². The molecule has 0 unspecified atom stereocenters. The van der Waals surface area contributed by atoms with Gasteiger partial charge in [0.25, 0.3) is 0 Å². The highest BCUT2D eigenvalue weighted by molar-refractivity contribution is 5.73. The molecule has 2 amide bonds. The summed E-state index contributed by atoms with van der Waals surface area (Å²) in [5.74, 6) is 1.51. The number of rotatable bonds is 7. The highest BCUT2D eigenvalue weighted by Crippen LogP contribution is 2.08. The molecule has 3 aromatic rings. The smallest absolute Gasteiger partial charge is 0.317 e. The van der Waals surface area contributed by atoms with Crippen LogP contribution in [-0.2, 0) is 6.54 Å². The molecule has 0 aliphatic rings. The van der Waals surface area contributed by atoms with Gasteiger partial charge in [-0.2, -0.15) is 5.10 Å². The van der Waals surface area contributed by atoms with E-state index >= 15 is 0 Å². The van der Waals surface area contributed by atoms with Gasteiger partial charge in [-0.15, -0.1) is 0 Å². The standard InChI is InChI=1S/C19H21N5O2/c1-23(12-13-26-17-6-3-2-4-7-17)19(25)21-15-16-8-10-20-18(14-16)24-11-5-9-22-24/h2-11,14H,12-13,15H2,1H3,(H,21,25). The third kappa shape index (κ3) is 4.83. The predicted octanol–water partition coefficient (Wildman–Crippen LogP) is 2.49. The number of nitrogens with one attached hydrogen (secondary N) is 1. The maximum absolute atomic E-state index is 12.2. The van der Waals surface area contributed by atoms with Crippen LogP contribution < -0.4 is 10.1 Å². The Bertz CT molecular complexity index is 821. The summed E-state index contributed by atoms with van der Waals surface area (Å²) in [6.07, 6.45) is 5.23. The summed E-state index contributed by atoms with van der Waals surface area (Å²) in [7, 11) is 1.74. The molecule has 26 heavy (non-hydrogen) atoms. The molecule has 3 rings (SSSR count). The maximum atomic E-state index is 12.2. The predicted molar refractivity (Wildman–Crippen MR) is 98.2 cm³/mol. The second kappa shape index (κ2) is 8.66. The number of pyridine rings is 1. The van der Waals surface area contributed by atoms with Crippen molar-refractivity contribution in [1.82, 2.24) is 25.0 Å². The van der Waals surface area contributed by atoms with Gasteiger partial charge in [-0.05, 0) is 35.9 Å². The van der Waals surface area contributed by atoms with Crippen LogP contribution in [0.1, 0.15) is 5.56 Å². The maximum Gasteiger partial charge on any atom is 0.317 e. The Kier molecular flexibility index (Phi) is 5.82. The van der Waals surface area contributed by atoms with E-state index in [4.69, 9.17) is 4.74 Å². The number of hydrogen-bond donors (Lipinski definition) is 1. The summed E-state index contributed by atoms with van der Waals surface area (Å²) in [6, 6.07) is 15.0. The second-order valence-electron chi connectivity index (χ2n) is 5.71. The fourth-order valence-electron chi connectivity index (χ4n) is 2.33. The number of carbonyl (C=O) groups excluding carboxylic acids is 1. The number of para-hydroxylation sites is 1. The van der Waals surface area contributed by atoms with Gasteiger partial charge in [-0.3, -0.25) is 0 Å². The normalized spacial score (nSPS) is 10.3. The van der Waals surface area contributed by atoms with Crippen LogP contribution in [0.4, 0.5) is 4.79 Å². The molecule has 7 nitrogen and oxygen atoms in total. The summed E-state index contributed by atoms with van der Waals surface area (Å²) in [4.78, 5) is 18.1. The molecule has 2 heterocycles. The molecule has 1 N–H and O–H groups in total. The third-order valence-corrected chi connectivity index (χ3v) is 3.78. The number of nitrogens with zero attached hydrogens (tertiary/aromatic N) is 4. The number of hydrogen-bond acceptors (Lipinski definition) is 4. The van der Waals surface area contributed by atoms with Crippen molar-refractivity contribution >= 4 is 6.03 Å². The number of urea groups is 1. The molecule has 0 fully saturated rings. The minimum Gasteiger partial charge on any atom is -0.492 e. The van der Waals surface area contributed by atoms with Crippen LogP contribution in [0.15, 0.2) is 67.1 Å². The van der Waals surface area contributed by atoms with E-state index in [9.17, 15) is 4.79 Å². The van der Waals surface area contributed by atoms with Crippen LogP contribution in [0.2, 0.25) is 0 Å². The van der Waals surface area contributed by atoms with E-state index in [1.807, 2.05) is 54.7 Å². The van der Waals surface area contributed by atoms with Crippen LogP contribution in [0, 0.1) is 0 Å². The van der Waals surface area contributed by atoms with Gasteiger partial charge >= 0.3 is 6.03 Å². The molecule has 0 radical (unpaired) electrons. The first kappa shape index (κ1) is 17.5. The van der Waals surface area contributed by atoms with Crippen LogP contribution in [0.25, 0.3) is 5.82 Å². The van der Waals surface area contributed by atoms with Crippen molar-refractivity contribution in [3.63, 3.8) is 0 Å². The summed E-state index contributed by atoms with van der Waals surface area (Å²) >= 11 is 0. The first-order valence-electron chi connectivity index (χ1n) is 8.34. The van der Waals surface area contributed by atoms with Gasteiger partial charge in [-0.25, -0.2) is 14.5 Å². The second-order valence-corrected chi connectivity index (χ2v) is 5.71. The van der Waals surface area contributed by atoms with E-state index < -0.39 is 0 Å². The van der Waals surface area contributed by atoms with E-state index in [1.54, 1.807) is 29.0 Å². The van der Waals surface area contributed by atoms with E-state index in [1.165, 1.54) is 0 Å². The van der Waals surface area contributed by atoms with Crippen molar-refractivity contribution < 1.29 is 9.53 Å². The van der Waals surface area contributed by atoms with E-state index in [0.29, 0.717) is 25.5 Å². The van der Waals surface area contributed by atoms with Crippen LogP contribution in [0.5, 0.6) is 5.75 Å². The SMILES string of the molecule is CN(CCOc1ccccc1)C(=O)NCc1ccnc(-n2cccn2)c1. The molecule has 134 valence electrons. The fourth-order valence-corrected chi connectivity index (χ4v) is 2.33. The average Bonchev–Trinajstić information content (AvgIpc) is 3.22. The molecule has 0 saturated heterocycles. The highest BCUT2D eigenvalue weighted by Gasteiger charge is 2.08. The molecule has 2 aromatic heterocycles. The first-order valence-corrected chi connectivity index (χ1v) is 8.34. The molecular weight excluding hydrogens is 330 g/mol. The number of ether oxygens (including phenoxy) is 1. The minimum absolute atomic E-state index is 0.154. The lowest BCUT2D eigenvalue weighted by Gasteiger charge is -2.18. The largest absolute Gasteiger partial charge is 0.492 e. The quantitative estimate of drug-likeness (QED) is 0.710. The zero-order valence-electron chi connectivity index (χ0n) is 14.6. The Balaban J connectivity index is 1.45. The Morgan fingerprint density at radius 3 is 2.81 bits per heavy atom. The van der Waals surface area contributed by atoms with Gasteiger partial charge in [-0.1, -0.05) is 18.2 Å². The van der Waals surface area contributed by atoms with Crippen LogP contribution in [-0.4, -0.2) is 45.9 Å². The lowest BCUT2D eigenvalue weighted by Crippen LogP contribution is -2.39. The van der Waals surface area contributed by atoms with Crippen LogP contribution >= 0.6 is 0 Å². The molecule has 0 spiro atoms. The summed E-state index contributed by atoms with van der Waals surface area (Å²) in [6.45, 7) is 1.35. The molecule has 0 aliphatic heterocycles. The topological polar surface area (TPSA) is 72.3 Å². The van der Waals surface area contributed by atoms with E-state index in [0.717, 1.165) is 11.3 Å². The van der Waals surface area contributed by atoms with Gasteiger partial charge in [0.15, 0.2) is 5.82 Å². The van der Waals surface area contributed by atoms with E-state index in [-0.39, 0.29) is 6.03 Å². The van der Waals surface area contributed by atoms with Crippen molar-refractivity contribution in [2.75, 3.05) is 20.2 Å². The van der Waals surface area contributed by atoms with Crippen molar-refractivity contribution in [2.24, 2.45) is 0 Å². The molecule has 0 bridgehead atoms. The monoisotopic (exact) mass is 351 g/mol. The van der Waals surface area contributed by atoms with Crippen molar-refractivity contribution in [1.29, 1.82) is 0 Å². The van der Waals surface area contributed by atoms with Crippen molar-refractivity contribution in [2.45, 2.75) is 6.54 Å². The Labute approximate surface area is 152 Å². The van der Waals surface area contributed by atoms with Gasteiger partial charge in [0.1, 0.15) is 12.4 Å². The number of benzene rings is 1. The fraction of sp³-hybridized carbons (Fsp3) is 0.211. The van der Waals surface area contributed by atoms with Gasteiger partial charge in [0, 0.05) is 32.2 Å². The molecule has 0 atom stereocenters. The summed E-state index contributed by atoms with van der Waals surface area (Å²) < 4.78 is 7.29.